The first-order valence-electron chi connectivity index (χ1n) is 6.97. The highest BCUT2D eigenvalue weighted by Gasteiger charge is 2.17. The number of hydrogen-bond acceptors (Lipinski definition) is 5. The second kappa shape index (κ2) is 6.47. The summed E-state index contributed by atoms with van der Waals surface area (Å²) in [6, 6.07) is 4.95. The van der Waals surface area contributed by atoms with Gasteiger partial charge in [-0.25, -0.2) is 13.1 Å². The summed E-state index contributed by atoms with van der Waals surface area (Å²) in [4.78, 5) is 9.97. The molecule has 0 aliphatic rings. The average Bonchev–Trinajstić information content (AvgIpc) is 2.74. The monoisotopic (exact) mass is 338 g/mol. The molecule has 0 fully saturated rings. The van der Waals surface area contributed by atoms with E-state index in [-0.39, 0.29) is 17.1 Å². The summed E-state index contributed by atoms with van der Waals surface area (Å²) in [5.41, 5.74) is 2.70. The van der Waals surface area contributed by atoms with Gasteiger partial charge in [0.25, 0.3) is 5.69 Å². The lowest BCUT2D eigenvalue weighted by Gasteiger charge is -2.08. The summed E-state index contributed by atoms with van der Waals surface area (Å²) >= 11 is 0. The summed E-state index contributed by atoms with van der Waals surface area (Å²) in [6.07, 6.45) is 0. The minimum absolute atomic E-state index is 0.128. The number of nitro benzene ring substituents is 1. The molecule has 0 saturated heterocycles. The first kappa shape index (κ1) is 17.1. The highest BCUT2D eigenvalue weighted by atomic mass is 32.2. The number of nitro groups is 1. The van der Waals surface area contributed by atoms with Crippen molar-refractivity contribution in [2.24, 2.45) is 0 Å². The number of rotatable bonds is 6. The standard InChI is InChI=1S/C14H18N4O4S/c1-10-11(2)16-17(12(10)3)8-7-15-23(21,22)14-6-4-5-13(9-14)18(19)20/h4-6,9,15H,7-8H2,1-3H3. The Morgan fingerprint density at radius 2 is 2.00 bits per heavy atom. The van der Waals surface area contributed by atoms with Gasteiger partial charge in [-0.2, -0.15) is 5.10 Å². The minimum atomic E-state index is -3.80. The Bertz CT molecular complexity index is 842. The van der Waals surface area contributed by atoms with E-state index < -0.39 is 14.9 Å². The predicted octanol–water partition coefficient (Wildman–Crippen LogP) is 1.70. The fraction of sp³-hybridized carbons (Fsp3) is 0.357. The van der Waals surface area contributed by atoms with E-state index in [1.165, 1.54) is 18.2 Å². The van der Waals surface area contributed by atoms with Crippen molar-refractivity contribution in [3.63, 3.8) is 0 Å². The molecule has 0 bridgehead atoms. The van der Waals surface area contributed by atoms with Crippen LogP contribution in [0.3, 0.4) is 0 Å². The van der Waals surface area contributed by atoms with Crippen molar-refractivity contribution in [3.05, 3.63) is 51.3 Å². The fourth-order valence-electron chi connectivity index (χ4n) is 2.14. The van der Waals surface area contributed by atoms with Crippen LogP contribution in [0.5, 0.6) is 0 Å². The van der Waals surface area contributed by atoms with Crippen LogP contribution < -0.4 is 4.72 Å². The normalized spacial score (nSPS) is 11.6. The fourth-order valence-corrected chi connectivity index (χ4v) is 3.20. The summed E-state index contributed by atoms with van der Waals surface area (Å²) in [5, 5.41) is 15.1. The number of aromatic nitrogens is 2. The van der Waals surface area contributed by atoms with Crippen LogP contribution in [0.25, 0.3) is 0 Å². The molecule has 0 saturated carbocycles. The molecule has 2 aromatic rings. The molecule has 0 aliphatic heterocycles. The molecule has 0 amide bonds. The smallest absolute Gasteiger partial charge is 0.268 e. The quantitative estimate of drug-likeness (QED) is 0.637. The number of non-ortho nitro benzene ring substituents is 1. The number of hydrogen-bond donors (Lipinski definition) is 1. The Morgan fingerprint density at radius 3 is 2.57 bits per heavy atom. The van der Waals surface area contributed by atoms with Crippen LogP contribution in [0.2, 0.25) is 0 Å². The van der Waals surface area contributed by atoms with E-state index in [1.807, 2.05) is 20.8 Å². The lowest BCUT2D eigenvalue weighted by atomic mass is 10.2. The molecule has 9 heteroatoms. The zero-order chi connectivity index (χ0) is 17.2. The van der Waals surface area contributed by atoms with E-state index in [1.54, 1.807) is 4.68 Å². The number of nitrogens with zero attached hydrogens (tertiary/aromatic N) is 3. The molecular weight excluding hydrogens is 320 g/mol. The van der Waals surface area contributed by atoms with Crippen LogP contribution in [-0.2, 0) is 16.6 Å². The molecule has 23 heavy (non-hydrogen) atoms. The third-order valence-corrected chi connectivity index (χ3v) is 5.16. The van der Waals surface area contributed by atoms with Gasteiger partial charge in [0.15, 0.2) is 0 Å². The van der Waals surface area contributed by atoms with Gasteiger partial charge in [0.2, 0.25) is 10.0 Å². The Kier molecular flexibility index (Phi) is 4.81. The molecule has 0 aliphatic carbocycles. The molecule has 1 N–H and O–H groups in total. The zero-order valence-electron chi connectivity index (χ0n) is 13.1. The maximum absolute atomic E-state index is 12.2. The lowest BCUT2D eigenvalue weighted by molar-refractivity contribution is -0.385. The van der Waals surface area contributed by atoms with Crippen LogP contribution in [-0.4, -0.2) is 29.7 Å². The molecule has 2 rings (SSSR count). The van der Waals surface area contributed by atoms with Gasteiger partial charge in [0.1, 0.15) is 0 Å². The Hall–Kier alpha value is -2.26. The second-order valence-electron chi connectivity index (χ2n) is 5.17. The van der Waals surface area contributed by atoms with Gasteiger partial charge in [-0.1, -0.05) is 6.07 Å². The van der Waals surface area contributed by atoms with Gasteiger partial charge >= 0.3 is 0 Å². The number of aryl methyl sites for hydroxylation is 1. The molecule has 1 heterocycles. The van der Waals surface area contributed by atoms with Gasteiger partial charge < -0.3 is 0 Å². The van der Waals surface area contributed by atoms with E-state index >= 15 is 0 Å². The molecule has 124 valence electrons. The topological polar surface area (TPSA) is 107 Å². The molecule has 0 unspecified atom stereocenters. The van der Waals surface area contributed by atoms with Crippen molar-refractivity contribution in [2.75, 3.05) is 6.54 Å². The summed E-state index contributed by atoms with van der Waals surface area (Å²) in [5.74, 6) is 0. The molecule has 0 radical (unpaired) electrons. The van der Waals surface area contributed by atoms with E-state index in [0.717, 1.165) is 23.0 Å². The van der Waals surface area contributed by atoms with E-state index in [9.17, 15) is 18.5 Å². The van der Waals surface area contributed by atoms with Gasteiger partial charge in [0, 0.05) is 24.4 Å². The summed E-state index contributed by atoms with van der Waals surface area (Å²) in [7, 11) is -3.80. The second-order valence-corrected chi connectivity index (χ2v) is 6.94. The first-order valence-corrected chi connectivity index (χ1v) is 8.45. The van der Waals surface area contributed by atoms with Crippen LogP contribution in [0.1, 0.15) is 17.0 Å². The van der Waals surface area contributed by atoms with Crippen molar-refractivity contribution in [1.29, 1.82) is 0 Å². The van der Waals surface area contributed by atoms with Crippen LogP contribution >= 0.6 is 0 Å². The average molecular weight is 338 g/mol. The van der Waals surface area contributed by atoms with Crippen molar-refractivity contribution in [1.82, 2.24) is 14.5 Å². The Labute approximate surface area is 134 Å². The molecule has 8 nitrogen and oxygen atoms in total. The maximum Gasteiger partial charge on any atom is 0.270 e. The largest absolute Gasteiger partial charge is 0.270 e. The van der Waals surface area contributed by atoms with Gasteiger partial charge in [-0.05, 0) is 32.4 Å². The summed E-state index contributed by atoms with van der Waals surface area (Å²) in [6.45, 7) is 6.30. The molecule has 1 aromatic carbocycles. The van der Waals surface area contributed by atoms with E-state index in [0.29, 0.717) is 6.54 Å². The van der Waals surface area contributed by atoms with Crippen molar-refractivity contribution >= 4 is 15.7 Å². The predicted molar refractivity (Wildman–Crippen MR) is 84.7 cm³/mol. The van der Waals surface area contributed by atoms with E-state index in [2.05, 4.69) is 9.82 Å². The highest BCUT2D eigenvalue weighted by Crippen LogP contribution is 2.17. The van der Waals surface area contributed by atoms with Crippen LogP contribution in [0.15, 0.2) is 29.2 Å². The molecule has 0 atom stereocenters. The molecular formula is C14H18N4O4S. The molecule has 0 spiro atoms. The van der Waals surface area contributed by atoms with Crippen molar-refractivity contribution in [2.45, 2.75) is 32.2 Å². The first-order chi connectivity index (χ1) is 10.7. The molecule has 1 aromatic heterocycles. The van der Waals surface area contributed by atoms with Crippen molar-refractivity contribution < 1.29 is 13.3 Å². The third-order valence-electron chi connectivity index (χ3n) is 3.70. The Balaban J connectivity index is 2.08. The van der Waals surface area contributed by atoms with Crippen LogP contribution in [0.4, 0.5) is 5.69 Å². The Morgan fingerprint density at radius 1 is 1.30 bits per heavy atom. The van der Waals surface area contributed by atoms with Gasteiger partial charge in [-0.15, -0.1) is 0 Å². The SMILES string of the molecule is Cc1nn(CCNS(=O)(=O)c2cccc([N+](=O)[O-])c2)c(C)c1C. The lowest BCUT2D eigenvalue weighted by Crippen LogP contribution is -2.28. The zero-order valence-corrected chi connectivity index (χ0v) is 13.9. The van der Waals surface area contributed by atoms with Gasteiger partial charge in [0.05, 0.1) is 22.1 Å². The number of benzene rings is 1. The van der Waals surface area contributed by atoms with Crippen molar-refractivity contribution in [3.8, 4) is 0 Å². The maximum atomic E-state index is 12.2. The number of sulfonamides is 1. The van der Waals surface area contributed by atoms with E-state index in [4.69, 9.17) is 0 Å². The summed E-state index contributed by atoms with van der Waals surface area (Å²) < 4.78 is 28.6. The third kappa shape index (κ3) is 3.74. The highest BCUT2D eigenvalue weighted by molar-refractivity contribution is 7.89. The minimum Gasteiger partial charge on any atom is -0.268 e. The number of nitrogens with one attached hydrogen (secondary N) is 1. The van der Waals surface area contributed by atoms with Gasteiger partial charge in [-0.3, -0.25) is 14.8 Å². The van der Waals surface area contributed by atoms with Crippen LogP contribution in [0, 0.1) is 30.9 Å².